The number of hydrogen-bond acceptors (Lipinski definition) is 2. The zero-order chi connectivity index (χ0) is 14.7. The first kappa shape index (κ1) is 18.3. The molecule has 2 N–H and O–H groups in total. The van der Waals surface area contributed by atoms with Crippen LogP contribution in [-0.4, -0.2) is 10.2 Å². The Bertz CT molecular complexity index is 393. The van der Waals surface area contributed by atoms with Gasteiger partial charge in [0.1, 0.15) is 11.5 Å². The van der Waals surface area contributed by atoms with Gasteiger partial charge in [-0.25, -0.2) is 0 Å². The molecule has 0 aliphatic heterocycles. The molecule has 0 aliphatic rings. The Morgan fingerprint density at radius 3 is 1.16 bits per heavy atom. The topological polar surface area (TPSA) is 40.5 Å². The fourth-order valence-electron chi connectivity index (χ4n) is 1.13. The summed E-state index contributed by atoms with van der Waals surface area (Å²) in [7, 11) is 9.78. The van der Waals surface area contributed by atoms with E-state index in [0.717, 1.165) is 11.1 Å². The van der Waals surface area contributed by atoms with Gasteiger partial charge in [-0.3, -0.25) is 0 Å². The van der Waals surface area contributed by atoms with Gasteiger partial charge in [-0.15, -0.1) is 0 Å². The summed E-state index contributed by atoms with van der Waals surface area (Å²) >= 11 is -0.556. The van der Waals surface area contributed by atoms with Gasteiger partial charge in [0.15, 0.2) is 0 Å². The number of rotatable bonds is 0. The molecule has 2 aromatic carbocycles. The molecule has 0 heterocycles. The number of hydrogen-bond donors (Lipinski definition) is 2. The number of phenolic OH excluding ortho intramolecular Hbond substituents is 2. The molecule has 0 fully saturated rings. The van der Waals surface area contributed by atoms with Crippen molar-refractivity contribution in [2.75, 3.05) is 0 Å². The SMILES string of the molecule is Cc1ccccc1O.Cc1ccccc1O.[Cl][Ti][Cl]. The minimum atomic E-state index is -0.556. The van der Waals surface area contributed by atoms with E-state index in [-0.39, 0.29) is 0 Å². The average molecular weight is 335 g/mol. The van der Waals surface area contributed by atoms with E-state index in [0.29, 0.717) is 11.5 Å². The predicted octanol–water partition coefficient (Wildman–Crippen LogP) is 4.78. The number of aromatic hydroxyl groups is 2. The van der Waals surface area contributed by atoms with Crippen LogP contribution in [0.25, 0.3) is 0 Å². The van der Waals surface area contributed by atoms with Crippen LogP contribution >= 0.6 is 18.6 Å². The molecular weight excluding hydrogens is 319 g/mol. The van der Waals surface area contributed by atoms with Gasteiger partial charge in [0.05, 0.1) is 0 Å². The zero-order valence-corrected chi connectivity index (χ0v) is 13.8. The van der Waals surface area contributed by atoms with E-state index >= 15 is 0 Å². The van der Waals surface area contributed by atoms with Crippen molar-refractivity contribution in [3.05, 3.63) is 59.7 Å². The van der Waals surface area contributed by atoms with Gasteiger partial charge in [0, 0.05) is 0 Å². The third-order valence-electron chi connectivity index (χ3n) is 2.23. The van der Waals surface area contributed by atoms with Crippen LogP contribution < -0.4 is 0 Å². The Kier molecular flexibility index (Phi) is 10.8. The average Bonchev–Trinajstić information content (AvgIpc) is 2.38. The Hall–Kier alpha value is -0.666. The van der Waals surface area contributed by atoms with Crippen LogP contribution in [-0.2, 0) is 17.0 Å². The van der Waals surface area contributed by atoms with Crippen molar-refractivity contribution in [1.82, 2.24) is 0 Å². The molecule has 0 atom stereocenters. The Labute approximate surface area is 130 Å². The number of para-hydroxylation sites is 2. The minimum absolute atomic E-state index is 0.368. The number of phenols is 2. The Balaban J connectivity index is 0.000000284. The third kappa shape index (κ3) is 8.96. The molecular formula is C14H16Cl2O2Ti. The second-order valence-corrected chi connectivity index (χ2v) is 6.22. The molecule has 0 amide bonds. The van der Waals surface area contributed by atoms with Crippen molar-refractivity contribution in [3.63, 3.8) is 0 Å². The van der Waals surface area contributed by atoms with Crippen molar-refractivity contribution in [2.45, 2.75) is 13.8 Å². The molecule has 19 heavy (non-hydrogen) atoms. The van der Waals surface area contributed by atoms with Gasteiger partial charge in [-0.2, -0.15) is 0 Å². The molecule has 0 spiro atoms. The predicted molar refractivity (Wildman–Crippen MR) is 77.4 cm³/mol. The van der Waals surface area contributed by atoms with Crippen molar-refractivity contribution in [2.24, 2.45) is 0 Å². The van der Waals surface area contributed by atoms with Crippen molar-refractivity contribution in [3.8, 4) is 11.5 Å². The molecule has 0 unspecified atom stereocenters. The maximum atomic E-state index is 8.92. The summed E-state index contributed by atoms with van der Waals surface area (Å²) in [6.45, 7) is 3.74. The van der Waals surface area contributed by atoms with E-state index in [1.165, 1.54) is 0 Å². The van der Waals surface area contributed by atoms with Crippen LogP contribution in [0, 0.1) is 13.8 Å². The summed E-state index contributed by atoms with van der Waals surface area (Å²) in [4.78, 5) is 0. The molecule has 2 aromatic rings. The monoisotopic (exact) mass is 334 g/mol. The Morgan fingerprint density at radius 2 is 1.00 bits per heavy atom. The van der Waals surface area contributed by atoms with Crippen molar-refractivity contribution in [1.29, 1.82) is 0 Å². The normalized spacial score (nSPS) is 8.42. The molecule has 0 aromatic heterocycles. The van der Waals surface area contributed by atoms with Crippen LogP contribution in [0.4, 0.5) is 0 Å². The first-order valence-electron chi connectivity index (χ1n) is 5.48. The van der Waals surface area contributed by atoms with Gasteiger partial charge in [-0.05, 0) is 37.1 Å². The first-order valence-corrected chi connectivity index (χ1v) is 9.78. The molecule has 102 valence electrons. The van der Waals surface area contributed by atoms with Crippen LogP contribution in [0.2, 0.25) is 0 Å². The summed E-state index contributed by atoms with van der Waals surface area (Å²) in [5.74, 6) is 0.736. The standard InChI is InChI=1S/2C7H8O.2ClH.Ti/c2*1-6-4-2-3-5-7(6)8;;;/h2*2-5,8H,1H3;2*1H;/q;;;;+2/p-2. The summed E-state index contributed by atoms with van der Waals surface area (Å²) in [5, 5.41) is 17.8. The van der Waals surface area contributed by atoms with E-state index in [9.17, 15) is 0 Å². The summed E-state index contributed by atoms with van der Waals surface area (Å²) < 4.78 is 0. The molecule has 0 radical (unpaired) electrons. The number of benzene rings is 2. The molecule has 2 nitrogen and oxygen atoms in total. The van der Waals surface area contributed by atoms with E-state index in [1.54, 1.807) is 12.1 Å². The maximum absolute atomic E-state index is 8.92. The van der Waals surface area contributed by atoms with Crippen molar-refractivity contribution < 1.29 is 27.2 Å². The molecule has 0 saturated carbocycles. The molecule has 2 rings (SSSR count). The van der Waals surface area contributed by atoms with E-state index in [4.69, 9.17) is 28.8 Å². The fraction of sp³-hybridized carbons (Fsp3) is 0.143. The number of halogens is 2. The van der Waals surface area contributed by atoms with E-state index < -0.39 is 17.0 Å². The second-order valence-electron chi connectivity index (χ2n) is 3.64. The van der Waals surface area contributed by atoms with E-state index in [1.807, 2.05) is 50.2 Å². The van der Waals surface area contributed by atoms with Gasteiger partial charge in [-0.1, -0.05) is 36.4 Å². The fourth-order valence-corrected chi connectivity index (χ4v) is 1.13. The summed E-state index contributed by atoms with van der Waals surface area (Å²) in [6.07, 6.45) is 0. The second kappa shape index (κ2) is 11.2. The Morgan fingerprint density at radius 1 is 0.737 bits per heavy atom. The molecule has 5 heteroatoms. The molecule has 0 bridgehead atoms. The van der Waals surface area contributed by atoms with Crippen LogP contribution in [0.15, 0.2) is 48.5 Å². The first-order chi connectivity index (χ1) is 9.02. The van der Waals surface area contributed by atoms with Gasteiger partial charge >= 0.3 is 35.6 Å². The number of aryl methyl sites for hydroxylation is 2. The van der Waals surface area contributed by atoms with Crippen LogP contribution in [0.5, 0.6) is 11.5 Å². The third-order valence-corrected chi connectivity index (χ3v) is 2.23. The summed E-state index contributed by atoms with van der Waals surface area (Å²) in [6, 6.07) is 14.5. The molecule has 0 saturated heterocycles. The van der Waals surface area contributed by atoms with E-state index in [2.05, 4.69) is 0 Å². The van der Waals surface area contributed by atoms with Crippen molar-refractivity contribution >= 4 is 18.6 Å². The van der Waals surface area contributed by atoms with Crippen LogP contribution in [0.1, 0.15) is 11.1 Å². The quantitative estimate of drug-likeness (QED) is 0.681. The van der Waals surface area contributed by atoms with Gasteiger partial charge in [0.25, 0.3) is 0 Å². The van der Waals surface area contributed by atoms with Gasteiger partial charge < -0.3 is 10.2 Å². The zero-order valence-electron chi connectivity index (χ0n) is 10.8. The summed E-state index contributed by atoms with van der Waals surface area (Å²) in [5.41, 5.74) is 1.85. The van der Waals surface area contributed by atoms with Gasteiger partial charge in [0.2, 0.25) is 0 Å². The van der Waals surface area contributed by atoms with Crippen LogP contribution in [0.3, 0.4) is 0 Å². The molecule has 0 aliphatic carbocycles.